The molecule has 1 N–H and O–H groups in total. The van der Waals surface area contributed by atoms with Gasteiger partial charge in [-0.15, -0.1) is 11.6 Å². The number of aryl methyl sites for hydroxylation is 1. The molecule has 1 aromatic rings. The summed E-state index contributed by atoms with van der Waals surface area (Å²) in [4.78, 5) is 8.55. The Labute approximate surface area is 107 Å². The lowest BCUT2D eigenvalue weighted by Crippen LogP contribution is -2.37. The molecule has 0 aliphatic heterocycles. The maximum Gasteiger partial charge on any atom is 0.218 e. The molecule has 0 atom stereocenters. The summed E-state index contributed by atoms with van der Waals surface area (Å²) < 4.78 is 5.14. The van der Waals surface area contributed by atoms with E-state index in [1.807, 2.05) is 13.0 Å². The number of alkyl halides is 1. The fraction of sp³-hybridized carbons (Fsp3) is 0.667. The van der Waals surface area contributed by atoms with Crippen LogP contribution in [-0.4, -0.2) is 28.5 Å². The molecule has 0 unspecified atom stereocenters. The van der Waals surface area contributed by atoms with Crippen molar-refractivity contribution in [3.05, 3.63) is 11.9 Å². The van der Waals surface area contributed by atoms with Crippen LogP contribution < -0.4 is 10.1 Å². The Hall–Kier alpha value is -1.03. The highest BCUT2D eigenvalue weighted by Crippen LogP contribution is 2.34. The minimum absolute atomic E-state index is 0.00659. The van der Waals surface area contributed by atoms with Crippen LogP contribution in [0.5, 0.6) is 5.88 Å². The number of anilines is 1. The first-order chi connectivity index (χ1) is 8.17. The van der Waals surface area contributed by atoms with Gasteiger partial charge in [-0.25, -0.2) is 4.98 Å². The molecule has 5 heteroatoms. The maximum atomic E-state index is 6.09. The van der Waals surface area contributed by atoms with Crippen LogP contribution >= 0.6 is 11.6 Å². The first kappa shape index (κ1) is 12.4. The van der Waals surface area contributed by atoms with Gasteiger partial charge in [0.2, 0.25) is 5.88 Å². The SMILES string of the molecule is COc1cc(NC2(CCl)CCCC2)nc(C)n1. The summed E-state index contributed by atoms with van der Waals surface area (Å²) in [7, 11) is 1.61. The second kappa shape index (κ2) is 5.08. The maximum absolute atomic E-state index is 6.09. The number of rotatable bonds is 4. The van der Waals surface area contributed by atoms with Crippen LogP contribution in [0.3, 0.4) is 0 Å². The molecule has 94 valence electrons. The monoisotopic (exact) mass is 255 g/mol. The smallest absolute Gasteiger partial charge is 0.218 e. The van der Waals surface area contributed by atoms with E-state index in [2.05, 4.69) is 15.3 Å². The lowest BCUT2D eigenvalue weighted by Gasteiger charge is -2.28. The number of nitrogens with zero attached hydrogens (tertiary/aromatic N) is 2. The zero-order valence-corrected chi connectivity index (χ0v) is 11.0. The second-order valence-electron chi connectivity index (χ2n) is 4.59. The first-order valence-corrected chi connectivity index (χ1v) is 6.45. The van der Waals surface area contributed by atoms with E-state index in [4.69, 9.17) is 16.3 Å². The van der Waals surface area contributed by atoms with Gasteiger partial charge in [0.05, 0.1) is 12.6 Å². The van der Waals surface area contributed by atoms with Gasteiger partial charge in [-0.3, -0.25) is 0 Å². The van der Waals surface area contributed by atoms with Crippen LogP contribution in [0.15, 0.2) is 6.07 Å². The molecular weight excluding hydrogens is 238 g/mol. The van der Waals surface area contributed by atoms with Gasteiger partial charge in [-0.2, -0.15) is 4.98 Å². The molecule has 1 saturated carbocycles. The van der Waals surface area contributed by atoms with E-state index in [0.29, 0.717) is 17.6 Å². The van der Waals surface area contributed by atoms with Crippen molar-refractivity contribution >= 4 is 17.4 Å². The summed E-state index contributed by atoms with van der Waals surface area (Å²) in [5, 5.41) is 3.46. The molecule has 1 fully saturated rings. The molecule has 0 saturated heterocycles. The average Bonchev–Trinajstić information content (AvgIpc) is 2.77. The van der Waals surface area contributed by atoms with Gasteiger partial charge in [0.1, 0.15) is 11.6 Å². The third-order valence-corrected chi connectivity index (χ3v) is 3.74. The van der Waals surface area contributed by atoms with Crippen molar-refractivity contribution in [2.24, 2.45) is 0 Å². The Morgan fingerprint density at radius 3 is 2.71 bits per heavy atom. The van der Waals surface area contributed by atoms with E-state index >= 15 is 0 Å². The van der Waals surface area contributed by atoms with Gasteiger partial charge in [0.25, 0.3) is 0 Å². The van der Waals surface area contributed by atoms with E-state index in [0.717, 1.165) is 18.7 Å². The molecule has 1 aliphatic rings. The van der Waals surface area contributed by atoms with Crippen molar-refractivity contribution in [1.29, 1.82) is 0 Å². The Bertz CT molecular complexity index is 391. The molecule has 1 aromatic heterocycles. The van der Waals surface area contributed by atoms with Crippen LogP contribution in [0.2, 0.25) is 0 Å². The highest BCUT2D eigenvalue weighted by atomic mass is 35.5. The molecule has 17 heavy (non-hydrogen) atoms. The Morgan fingerprint density at radius 1 is 1.41 bits per heavy atom. The van der Waals surface area contributed by atoms with Crippen LogP contribution in [0.4, 0.5) is 5.82 Å². The van der Waals surface area contributed by atoms with E-state index in [1.54, 1.807) is 7.11 Å². The molecule has 2 rings (SSSR count). The molecule has 0 aromatic carbocycles. The van der Waals surface area contributed by atoms with Gasteiger partial charge in [0.15, 0.2) is 0 Å². The lowest BCUT2D eigenvalue weighted by molar-refractivity contribution is 0.395. The number of methoxy groups -OCH3 is 1. The van der Waals surface area contributed by atoms with Crippen molar-refractivity contribution in [2.45, 2.75) is 38.1 Å². The van der Waals surface area contributed by atoms with E-state index < -0.39 is 0 Å². The summed E-state index contributed by atoms with van der Waals surface area (Å²) in [6.45, 7) is 1.86. The average molecular weight is 256 g/mol. The van der Waals surface area contributed by atoms with Crippen molar-refractivity contribution in [3.8, 4) is 5.88 Å². The van der Waals surface area contributed by atoms with Crippen LogP contribution in [0, 0.1) is 6.92 Å². The van der Waals surface area contributed by atoms with Crippen molar-refractivity contribution in [3.63, 3.8) is 0 Å². The number of nitrogens with one attached hydrogen (secondary N) is 1. The molecule has 4 nitrogen and oxygen atoms in total. The molecular formula is C12H18ClN3O. The first-order valence-electron chi connectivity index (χ1n) is 5.91. The molecule has 1 heterocycles. The van der Waals surface area contributed by atoms with Gasteiger partial charge >= 0.3 is 0 Å². The predicted octanol–water partition coefficient (Wildman–Crippen LogP) is 2.76. The summed E-state index contributed by atoms with van der Waals surface area (Å²) in [6.07, 6.45) is 4.64. The number of hydrogen-bond acceptors (Lipinski definition) is 4. The number of hydrogen-bond donors (Lipinski definition) is 1. The molecule has 1 aliphatic carbocycles. The Kier molecular flexibility index (Phi) is 3.72. The highest BCUT2D eigenvalue weighted by molar-refractivity contribution is 6.18. The minimum atomic E-state index is -0.00659. The number of halogens is 1. The third-order valence-electron chi connectivity index (χ3n) is 3.23. The number of ether oxygens (including phenoxy) is 1. The van der Waals surface area contributed by atoms with Crippen LogP contribution in [0.25, 0.3) is 0 Å². The fourth-order valence-corrected chi connectivity index (χ4v) is 2.66. The third kappa shape index (κ3) is 2.80. The van der Waals surface area contributed by atoms with Crippen molar-refractivity contribution in [1.82, 2.24) is 9.97 Å². The van der Waals surface area contributed by atoms with Crippen molar-refractivity contribution in [2.75, 3.05) is 18.3 Å². The van der Waals surface area contributed by atoms with Crippen LogP contribution in [-0.2, 0) is 0 Å². The molecule has 0 amide bonds. The zero-order valence-electron chi connectivity index (χ0n) is 10.3. The fourth-order valence-electron chi connectivity index (χ4n) is 2.32. The Balaban J connectivity index is 2.19. The highest BCUT2D eigenvalue weighted by Gasteiger charge is 2.33. The van der Waals surface area contributed by atoms with Gasteiger partial charge in [0, 0.05) is 11.9 Å². The quantitative estimate of drug-likeness (QED) is 0.841. The normalized spacial score (nSPS) is 18.1. The lowest BCUT2D eigenvalue weighted by atomic mass is 10.0. The molecule has 0 spiro atoms. The van der Waals surface area contributed by atoms with E-state index in [1.165, 1.54) is 12.8 Å². The summed E-state index contributed by atoms with van der Waals surface area (Å²) in [6, 6.07) is 1.82. The van der Waals surface area contributed by atoms with Gasteiger partial charge in [-0.1, -0.05) is 12.8 Å². The standard InChI is InChI=1S/C12H18ClN3O/c1-9-14-10(7-11(15-9)17-2)16-12(8-13)5-3-4-6-12/h7H,3-6,8H2,1-2H3,(H,14,15,16). The molecule has 0 radical (unpaired) electrons. The zero-order chi connectivity index (χ0) is 12.3. The van der Waals surface area contributed by atoms with E-state index in [9.17, 15) is 0 Å². The second-order valence-corrected chi connectivity index (χ2v) is 4.86. The topological polar surface area (TPSA) is 47.0 Å². The summed E-state index contributed by atoms with van der Waals surface area (Å²) >= 11 is 6.09. The van der Waals surface area contributed by atoms with Crippen molar-refractivity contribution < 1.29 is 4.74 Å². The number of aromatic nitrogens is 2. The van der Waals surface area contributed by atoms with Gasteiger partial charge < -0.3 is 10.1 Å². The largest absolute Gasteiger partial charge is 0.481 e. The van der Waals surface area contributed by atoms with Crippen LogP contribution in [0.1, 0.15) is 31.5 Å². The molecule has 0 bridgehead atoms. The van der Waals surface area contributed by atoms with E-state index in [-0.39, 0.29) is 5.54 Å². The predicted molar refractivity (Wildman–Crippen MR) is 68.9 cm³/mol. The summed E-state index contributed by atoms with van der Waals surface area (Å²) in [5.74, 6) is 2.70. The van der Waals surface area contributed by atoms with Gasteiger partial charge in [-0.05, 0) is 19.8 Å². The Morgan fingerprint density at radius 2 is 2.12 bits per heavy atom. The summed E-state index contributed by atoms with van der Waals surface area (Å²) in [5.41, 5.74) is -0.00659. The minimum Gasteiger partial charge on any atom is -0.481 e.